The van der Waals surface area contributed by atoms with Gasteiger partial charge < -0.3 is 10.5 Å². The van der Waals surface area contributed by atoms with Crippen LogP contribution < -0.4 is 10.5 Å². The van der Waals surface area contributed by atoms with E-state index in [1.807, 2.05) is 0 Å². The Morgan fingerprint density at radius 3 is 2.43 bits per heavy atom. The Labute approximate surface area is 127 Å². The summed E-state index contributed by atoms with van der Waals surface area (Å²) < 4.78 is 32.5. The predicted octanol–water partition coefficient (Wildman–Crippen LogP) is 1.96. The van der Waals surface area contributed by atoms with Gasteiger partial charge in [-0.25, -0.2) is 8.42 Å². The lowest BCUT2D eigenvalue weighted by molar-refractivity contribution is 0.195. The van der Waals surface area contributed by atoms with Crippen LogP contribution in [0.5, 0.6) is 5.75 Å². The van der Waals surface area contributed by atoms with Gasteiger partial charge in [-0.15, -0.1) is 0 Å². The van der Waals surface area contributed by atoms with Crippen molar-refractivity contribution in [2.75, 3.05) is 20.2 Å². The van der Waals surface area contributed by atoms with E-state index in [0.29, 0.717) is 25.4 Å². The molecule has 0 amide bonds. The predicted molar refractivity (Wildman–Crippen MR) is 82.7 cm³/mol. The van der Waals surface area contributed by atoms with E-state index in [1.54, 1.807) is 22.5 Å². The highest BCUT2D eigenvalue weighted by molar-refractivity contribution is 7.89. The molecule has 1 aromatic carbocycles. The van der Waals surface area contributed by atoms with Crippen molar-refractivity contribution in [1.82, 2.24) is 4.31 Å². The zero-order valence-electron chi connectivity index (χ0n) is 12.9. The lowest BCUT2D eigenvalue weighted by Crippen LogP contribution is -2.41. The average Bonchev–Trinajstić information content (AvgIpc) is 2.46. The van der Waals surface area contributed by atoms with E-state index in [1.165, 1.54) is 7.11 Å². The molecule has 1 aliphatic heterocycles. The zero-order chi connectivity index (χ0) is 15.7. The molecule has 6 heteroatoms. The third kappa shape index (κ3) is 3.39. The third-order valence-corrected chi connectivity index (χ3v) is 6.08. The molecule has 0 spiro atoms. The molecule has 5 nitrogen and oxygen atoms in total. The minimum absolute atomic E-state index is 0.204. The lowest BCUT2D eigenvalue weighted by atomic mass is 9.83. The Bertz CT molecular complexity index is 601. The zero-order valence-corrected chi connectivity index (χ0v) is 13.7. The smallest absolute Gasteiger partial charge is 0.246 e. The van der Waals surface area contributed by atoms with Crippen LogP contribution in [0.15, 0.2) is 23.1 Å². The maximum absolute atomic E-state index is 12.9. The minimum Gasteiger partial charge on any atom is -0.495 e. The third-order valence-electron chi connectivity index (χ3n) is 4.16. The summed E-state index contributed by atoms with van der Waals surface area (Å²) in [6.45, 7) is 5.75. The van der Waals surface area contributed by atoms with Gasteiger partial charge in [0.1, 0.15) is 10.6 Å². The Balaban J connectivity index is 2.35. The Kier molecular flexibility index (Phi) is 4.60. The molecule has 118 valence electrons. The number of methoxy groups -OCH3 is 1. The number of piperidine rings is 1. The van der Waals surface area contributed by atoms with Gasteiger partial charge in [-0.1, -0.05) is 19.9 Å². The van der Waals surface area contributed by atoms with Crippen molar-refractivity contribution in [3.8, 4) is 5.75 Å². The van der Waals surface area contributed by atoms with Crippen LogP contribution in [0.1, 0.15) is 32.3 Å². The van der Waals surface area contributed by atoms with E-state index < -0.39 is 10.0 Å². The van der Waals surface area contributed by atoms with Crippen molar-refractivity contribution in [2.45, 2.75) is 38.1 Å². The van der Waals surface area contributed by atoms with Crippen LogP contribution in [0.2, 0.25) is 0 Å². The number of hydrogen-bond donors (Lipinski definition) is 1. The summed E-state index contributed by atoms with van der Waals surface area (Å²) in [6, 6.07) is 5.08. The summed E-state index contributed by atoms with van der Waals surface area (Å²) in [4.78, 5) is 0.215. The first-order valence-corrected chi connectivity index (χ1v) is 8.61. The largest absolute Gasteiger partial charge is 0.495 e. The molecule has 0 aliphatic carbocycles. The van der Waals surface area contributed by atoms with Gasteiger partial charge >= 0.3 is 0 Å². The maximum atomic E-state index is 12.9. The highest BCUT2D eigenvalue weighted by Gasteiger charge is 2.34. The molecule has 0 aromatic heterocycles. The van der Waals surface area contributed by atoms with Crippen LogP contribution in [-0.4, -0.2) is 32.9 Å². The fourth-order valence-corrected chi connectivity index (χ4v) is 4.17. The molecule has 0 saturated carbocycles. The van der Waals surface area contributed by atoms with Crippen LogP contribution >= 0.6 is 0 Å². The van der Waals surface area contributed by atoms with Crippen molar-refractivity contribution < 1.29 is 13.2 Å². The summed E-state index contributed by atoms with van der Waals surface area (Å²) in [5.41, 5.74) is 6.61. The Morgan fingerprint density at radius 2 is 1.90 bits per heavy atom. The molecular formula is C15H24N2O3S. The van der Waals surface area contributed by atoms with E-state index in [9.17, 15) is 8.42 Å². The first kappa shape index (κ1) is 16.3. The van der Waals surface area contributed by atoms with Crippen LogP contribution in [0.4, 0.5) is 0 Å². The number of rotatable bonds is 4. The number of nitrogens with zero attached hydrogens (tertiary/aromatic N) is 1. The van der Waals surface area contributed by atoms with Crippen molar-refractivity contribution in [3.63, 3.8) is 0 Å². The number of nitrogens with two attached hydrogens (primary N) is 1. The Morgan fingerprint density at radius 1 is 1.29 bits per heavy atom. The van der Waals surface area contributed by atoms with Gasteiger partial charge in [-0.05, 0) is 36.0 Å². The van der Waals surface area contributed by atoms with Crippen LogP contribution in [0.25, 0.3) is 0 Å². The fourth-order valence-electron chi connectivity index (χ4n) is 2.52. The number of hydrogen-bond acceptors (Lipinski definition) is 4. The van der Waals surface area contributed by atoms with Crippen LogP contribution in [-0.2, 0) is 16.6 Å². The van der Waals surface area contributed by atoms with Gasteiger partial charge in [-0.3, -0.25) is 0 Å². The normalized spacial score (nSPS) is 19.4. The summed E-state index contributed by atoms with van der Waals surface area (Å²) in [7, 11) is -2.05. The van der Waals surface area contributed by atoms with Crippen LogP contribution in [0, 0.1) is 5.41 Å². The summed E-state index contributed by atoms with van der Waals surface area (Å²) in [5.74, 6) is 0.372. The summed E-state index contributed by atoms with van der Waals surface area (Å²) >= 11 is 0. The van der Waals surface area contributed by atoms with E-state index in [0.717, 1.165) is 18.4 Å². The highest BCUT2D eigenvalue weighted by atomic mass is 32.2. The molecule has 2 N–H and O–H groups in total. The molecule has 0 radical (unpaired) electrons. The maximum Gasteiger partial charge on any atom is 0.246 e. The SMILES string of the molecule is COc1ccc(CN)cc1S(=O)(=O)N1CCC(C)(C)CC1. The van der Waals surface area contributed by atoms with Gasteiger partial charge in [0.25, 0.3) is 0 Å². The van der Waals surface area contributed by atoms with E-state index >= 15 is 0 Å². The second-order valence-corrected chi connectivity index (χ2v) is 8.16. The average molecular weight is 312 g/mol. The molecular weight excluding hydrogens is 288 g/mol. The number of sulfonamides is 1. The highest BCUT2D eigenvalue weighted by Crippen LogP contribution is 2.34. The molecule has 1 aliphatic rings. The van der Waals surface area contributed by atoms with E-state index in [-0.39, 0.29) is 10.3 Å². The molecule has 1 saturated heterocycles. The molecule has 21 heavy (non-hydrogen) atoms. The fraction of sp³-hybridized carbons (Fsp3) is 0.600. The van der Waals surface area contributed by atoms with Crippen molar-refractivity contribution in [2.24, 2.45) is 11.1 Å². The molecule has 1 aromatic rings. The van der Waals surface area contributed by atoms with Gasteiger partial charge in [0.05, 0.1) is 7.11 Å². The first-order valence-electron chi connectivity index (χ1n) is 7.17. The standard InChI is InChI=1S/C15H24N2O3S/c1-15(2)6-8-17(9-7-15)21(18,19)14-10-12(11-16)4-5-13(14)20-3/h4-5,10H,6-9,11,16H2,1-3H3. The molecule has 0 atom stereocenters. The second-order valence-electron chi connectivity index (χ2n) is 6.26. The monoisotopic (exact) mass is 312 g/mol. The van der Waals surface area contributed by atoms with Gasteiger partial charge in [-0.2, -0.15) is 4.31 Å². The summed E-state index contributed by atoms with van der Waals surface area (Å²) in [6.07, 6.45) is 1.73. The lowest BCUT2D eigenvalue weighted by Gasteiger charge is -2.36. The van der Waals surface area contributed by atoms with Gasteiger partial charge in [0.15, 0.2) is 0 Å². The van der Waals surface area contributed by atoms with Gasteiger partial charge in [0.2, 0.25) is 10.0 Å². The van der Waals surface area contributed by atoms with Gasteiger partial charge in [0, 0.05) is 19.6 Å². The minimum atomic E-state index is -3.53. The molecule has 1 fully saturated rings. The van der Waals surface area contributed by atoms with E-state index in [2.05, 4.69) is 13.8 Å². The number of benzene rings is 1. The quantitative estimate of drug-likeness (QED) is 0.922. The summed E-state index contributed by atoms with van der Waals surface area (Å²) in [5, 5.41) is 0. The number of ether oxygens (including phenoxy) is 1. The molecule has 1 heterocycles. The van der Waals surface area contributed by atoms with Crippen molar-refractivity contribution in [3.05, 3.63) is 23.8 Å². The van der Waals surface area contributed by atoms with Crippen LogP contribution in [0.3, 0.4) is 0 Å². The molecule has 0 unspecified atom stereocenters. The Hall–Kier alpha value is -1.11. The molecule has 0 bridgehead atoms. The van der Waals surface area contributed by atoms with Crippen molar-refractivity contribution >= 4 is 10.0 Å². The molecule has 2 rings (SSSR count). The van der Waals surface area contributed by atoms with E-state index in [4.69, 9.17) is 10.5 Å². The van der Waals surface area contributed by atoms with Crippen molar-refractivity contribution in [1.29, 1.82) is 0 Å². The second kappa shape index (κ2) is 5.94. The topological polar surface area (TPSA) is 72.6 Å². The first-order chi connectivity index (χ1) is 9.80.